The first kappa shape index (κ1) is 34.0. The summed E-state index contributed by atoms with van der Waals surface area (Å²) in [7, 11) is -1.52. The molecule has 0 radical (unpaired) electrons. The lowest BCUT2D eigenvalue weighted by molar-refractivity contribution is -0.137. The predicted octanol–water partition coefficient (Wildman–Crippen LogP) is 7.38. The maximum atomic E-state index is 10.7. The van der Waals surface area contributed by atoms with Gasteiger partial charge in [-0.05, 0) is 98.0 Å². The number of carboxylic acids is 1. The van der Waals surface area contributed by atoms with Crippen LogP contribution in [0, 0.1) is 11.8 Å². The van der Waals surface area contributed by atoms with E-state index in [-0.39, 0.29) is 16.5 Å². The Morgan fingerprint density at radius 3 is 1.82 bits per heavy atom. The van der Waals surface area contributed by atoms with Gasteiger partial charge in [-0.3, -0.25) is 4.79 Å². The predicted molar refractivity (Wildman–Crippen MR) is 173 cm³/mol. The van der Waals surface area contributed by atoms with Gasteiger partial charge >= 0.3 is 5.97 Å². The Hall–Kier alpha value is -2.18. The minimum absolute atomic E-state index is 0.196. The molecule has 0 aromatic heterocycles. The third kappa shape index (κ3) is 12.1. The first-order valence-corrected chi connectivity index (χ1v) is 17.2. The molecule has 1 N–H and O–H groups in total. The lowest BCUT2D eigenvalue weighted by atomic mass is 9.84. The number of aryl methyl sites for hydroxylation is 1. The van der Waals surface area contributed by atoms with Gasteiger partial charge in [-0.15, -0.1) is 0 Å². The maximum absolute atomic E-state index is 10.7. The Balaban J connectivity index is 2.35. The number of hydrogen-bond donors (Lipinski definition) is 1. The molecule has 0 spiro atoms. The summed E-state index contributed by atoms with van der Waals surface area (Å²) < 4.78 is 13.3. The molecule has 220 valence electrons. The fourth-order valence-electron chi connectivity index (χ4n) is 4.33. The fourth-order valence-corrected chi connectivity index (χ4v) is 6.22. The second-order valence-electron chi connectivity index (χ2n) is 14.4. The van der Waals surface area contributed by atoms with Crippen LogP contribution < -0.4 is 0 Å². The highest BCUT2D eigenvalue weighted by Crippen LogP contribution is 2.38. The van der Waals surface area contributed by atoms with Crippen molar-refractivity contribution in [3.8, 4) is 11.8 Å². The number of carbonyl (C=O) groups is 1. The maximum Gasteiger partial charge on any atom is 0.303 e. The highest BCUT2D eigenvalue weighted by molar-refractivity contribution is 6.32. The highest BCUT2D eigenvalue weighted by atomic mass is 28.2. The molecule has 0 atom stereocenters. The molecule has 0 amide bonds. The van der Waals surface area contributed by atoms with Crippen LogP contribution in [0.4, 0.5) is 0 Å². The van der Waals surface area contributed by atoms with E-state index in [0.717, 1.165) is 42.4 Å². The van der Waals surface area contributed by atoms with Gasteiger partial charge in [-0.1, -0.05) is 78.0 Å². The molecular formula is C34H52O4Si2. The molecule has 2 aromatic carbocycles. The third-order valence-corrected chi connectivity index (χ3v) is 10.1. The van der Waals surface area contributed by atoms with Crippen LogP contribution in [0.1, 0.15) is 123 Å². The molecule has 0 bridgehead atoms. The van der Waals surface area contributed by atoms with Gasteiger partial charge in [-0.2, -0.15) is 0 Å². The normalized spacial score (nSPS) is 13.2. The molecule has 0 aliphatic carbocycles. The Bertz CT molecular complexity index is 1190. The van der Waals surface area contributed by atoms with E-state index in [1.54, 1.807) is 0 Å². The number of hydrogen-bond acceptors (Lipinski definition) is 3. The van der Waals surface area contributed by atoms with Crippen LogP contribution in [-0.4, -0.2) is 30.6 Å². The van der Waals surface area contributed by atoms with E-state index in [9.17, 15) is 4.79 Å². The molecule has 0 unspecified atom stereocenters. The van der Waals surface area contributed by atoms with Gasteiger partial charge in [0.25, 0.3) is 0 Å². The zero-order valence-electron chi connectivity index (χ0n) is 26.7. The van der Waals surface area contributed by atoms with Crippen molar-refractivity contribution < 1.29 is 18.8 Å². The van der Waals surface area contributed by atoms with Crippen molar-refractivity contribution in [3.05, 3.63) is 70.3 Å². The average molecular weight is 581 g/mol. The summed E-state index contributed by atoms with van der Waals surface area (Å²) in [6, 6.07) is 14.9. The molecule has 0 saturated heterocycles. The van der Waals surface area contributed by atoms with Crippen LogP contribution in [0.15, 0.2) is 42.5 Å². The molecular weight excluding hydrogens is 529 g/mol. The second kappa shape index (κ2) is 14.1. The van der Waals surface area contributed by atoms with Crippen molar-refractivity contribution >= 4 is 25.5 Å². The molecule has 0 fully saturated rings. The number of rotatable bonds is 12. The van der Waals surface area contributed by atoms with Crippen LogP contribution >= 0.6 is 0 Å². The van der Waals surface area contributed by atoms with E-state index in [2.05, 4.69) is 117 Å². The summed E-state index contributed by atoms with van der Waals surface area (Å²) in [5.74, 6) is 6.06. The number of carboxylic acid groups (broad SMARTS) is 1. The van der Waals surface area contributed by atoms with Crippen molar-refractivity contribution in [2.45, 2.75) is 123 Å². The third-order valence-electron chi connectivity index (χ3n) is 6.68. The smallest absolute Gasteiger partial charge is 0.303 e. The SMILES string of the molecule is CC(C)(C)[SiH2]OC(C)(C)c1ccc(C#Cc2cccc(CCCCCC(=O)O)c2)cc1C(C)(C)O[SiH2]C(C)(C)C. The highest BCUT2D eigenvalue weighted by Gasteiger charge is 2.33. The zero-order chi connectivity index (χ0) is 30.2. The average Bonchev–Trinajstić information content (AvgIpc) is 2.84. The van der Waals surface area contributed by atoms with Crippen molar-refractivity contribution in [2.75, 3.05) is 0 Å². The molecule has 6 heteroatoms. The van der Waals surface area contributed by atoms with Gasteiger partial charge in [0.1, 0.15) is 0 Å². The molecule has 4 nitrogen and oxygen atoms in total. The first-order valence-electron chi connectivity index (χ1n) is 14.6. The van der Waals surface area contributed by atoms with E-state index >= 15 is 0 Å². The molecule has 0 heterocycles. The lowest BCUT2D eigenvalue weighted by Crippen LogP contribution is -2.34. The van der Waals surface area contributed by atoms with Gasteiger partial charge < -0.3 is 14.0 Å². The van der Waals surface area contributed by atoms with Crippen LogP contribution in [0.2, 0.25) is 10.1 Å². The minimum atomic E-state index is -0.774. The molecule has 40 heavy (non-hydrogen) atoms. The van der Waals surface area contributed by atoms with Gasteiger partial charge in [0.05, 0.1) is 11.2 Å². The van der Waals surface area contributed by atoms with Crippen molar-refractivity contribution in [1.82, 2.24) is 0 Å². The van der Waals surface area contributed by atoms with E-state index in [1.807, 2.05) is 6.07 Å². The van der Waals surface area contributed by atoms with Crippen molar-refractivity contribution in [1.29, 1.82) is 0 Å². The molecule has 0 aliphatic heterocycles. The van der Waals surface area contributed by atoms with Crippen LogP contribution in [0.5, 0.6) is 0 Å². The summed E-state index contributed by atoms with van der Waals surface area (Å²) >= 11 is 0. The Morgan fingerprint density at radius 2 is 1.27 bits per heavy atom. The summed E-state index contributed by atoms with van der Waals surface area (Å²) in [6.07, 6.45) is 3.81. The van der Waals surface area contributed by atoms with Crippen LogP contribution in [0.3, 0.4) is 0 Å². The molecule has 2 rings (SSSR count). The van der Waals surface area contributed by atoms with Crippen molar-refractivity contribution in [3.63, 3.8) is 0 Å². The summed E-state index contributed by atoms with van der Waals surface area (Å²) in [5.41, 5.74) is 4.66. The second-order valence-corrected chi connectivity index (χ2v) is 19.8. The van der Waals surface area contributed by atoms with Crippen molar-refractivity contribution in [2.24, 2.45) is 0 Å². The number of aliphatic carboxylic acids is 1. The molecule has 0 aliphatic rings. The lowest BCUT2D eigenvalue weighted by Gasteiger charge is -2.37. The number of benzene rings is 2. The Morgan fingerprint density at radius 1 is 0.725 bits per heavy atom. The van der Waals surface area contributed by atoms with E-state index < -0.39 is 36.7 Å². The monoisotopic (exact) mass is 580 g/mol. The van der Waals surface area contributed by atoms with E-state index in [4.69, 9.17) is 14.0 Å². The topological polar surface area (TPSA) is 55.8 Å². The Kier molecular flexibility index (Phi) is 12.0. The van der Waals surface area contributed by atoms with Gasteiger partial charge in [0.15, 0.2) is 19.5 Å². The van der Waals surface area contributed by atoms with Crippen LogP contribution in [0.25, 0.3) is 0 Å². The van der Waals surface area contributed by atoms with Gasteiger partial charge in [0.2, 0.25) is 0 Å². The summed E-state index contributed by atoms with van der Waals surface area (Å²) in [5, 5.41) is 9.23. The zero-order valence-corrected chi connectivity index (χ0v) is 29.5. The fraction of sp³-hybridized carbons (Fsp3) is 0.559. The molecule has 2 aromatic rings. The summed E-state index contributed by atoms with van der Waals surface area (Å²) in [4.78, 5) is 10.7. The summed E-state index contributed by atoms with van der Waals surface area (Å²) in [6.45, 7) is 22.2. The van der Waals surface area contributed by atoms with Crippen LogP contribution in [-0.2, 0) is 31.3 Å². The standard InChI is InChI=1S/C34H52O4Si2/c1-31(2,3)39-37-33(7,8)28-22-21-27(24-29(28)34(9,10)38-40-32(4,5)6)20-19-26-17-14-16-25(23-26)15-12-11-13-18-30(35)36/h14,16-17,21-24H,11-13,15,18,39-40H2,1-10H3,(H,35,36). The number of unbranched alkanes of at least 4 members (excludes halogenated alkanes) is 2. The molecule has 0 saturated carbocycles. The minimum Gasteiger partial charge on any atom is -0.481 e. The Labute approximate surface area is 248 Å². The van der Waals surface area contributed by atoms with E-state index in [1.165, 1.54) is 11.1 Å². The quantitative estimate of drug-likeness (QED) is 0.162. The first-order chi connectivity index (χ1) is 18.4. The largest absolute Gasteiger partial charge is 0.481 e. The van der Waals surface area contributed by atoms with Gasteiger partial charge in [-0.25, -0.2) is 0 Å². The van der Waals surface area contributed by atoms with Gasteiger partial charge in [0, 0.05) is 17.5 Å². The van der Waals surface area contributed by atoms with E-state index in [0.29, 0.717) is 0 Å².